The summed E-state index contributed by atoms with van der Waals surface area (Å²) in [6.45, 7) is 8.34. The summed E-state index contributed by atoms with van der Waals surface area (Å²) in [7, 11) is 0. The number of para-hydroxylation sites is 1. The molecule has 2 atom stereocenters. The second-order valence-corrected chi connectivity index (χ2v) is 8.22. The molecular weight excluding hydrogens is 334 g/mol. The first-order valence-corrected chi connectivity index (χ1v) is 9.94. The molecule has 0 saturated carbocycles. The SMILES string of the molecule is CC(C)CCOCC1Cc2ccccc2NC1(C)c1cccn2ccnc12. The first-order chi connectivity index (χ1) is 13.1. The Morgan fingerprint density at radius 3 is 2.93 bits per heavy atom. The molecule has 0 saturated heterocycles. The summed E-state index contributed by atoms with van der Waals surface area (Å²) >= 11 is 0. The second kappa shape index (κ2) is 7.35. The van der Waals surface area contributed by atoms with Gasteiger partial charge in [-0.2, -0.15) is 0 Å². The average molecular weight is 364 g/mol. The molecule has 1 N–H and O–H groups in total. The van der Waals surface area contributed by atoms with Crippen LogP contribution in [0, 0.1) is 11.8 Å². The van der Waals surface area contributed by atoms with Gasteiger partial charge in [-0.1, -0.05) is 38.1 Å². The van der Waals surface area contributed by atoms with Crippen molar-refractivity contribution in [3.8, 4) is 0 Å². The van der Waals surface area contributed by atoms with Crippen molar-refractivity contribution in [3.05, 3.63) is 66.1 Å². The van der Waals surface area contributed by atoms with Gasteiger partial charge in [0.05, 0.1) is 12.1 Å². The fourth-order valence-electron chi connectivity index (χ4n) is 4.08. The maximum atomic E-state index is 6.14. The molecule has 1 aliphatic heterocycles. The van der Waals surface area contributed by atoms with E-state index in [1.165, 1.54) is 16.8 Å². The summed E-state index contributed by atoms with van der Waals surface area (Å²) < 4.78 is 8.24. The van der Waals surface area contributed by atoms with Gasteiger partial charge in [0.1, 0.15) is 5.65 Å². The van der Waals surface area contributed by atoms with Gasteiger partial charge in [0, 0.05) is 42.4 Å². The highest BCUT2D eigenvalue weighted by molar-refractivity contribution is 5.62. The number of nitrogens with zero attached hydrogens (tertiary/aromatic N) is 2. The molecular formula is C23H29N3O. The van der Waals surface area contributed by atoms with Gasteiger partial charge in [0.2, 0.25) is 0 Å². The van der Waals surface area contributed by atoms with Crippen LogP contribution in [0.25, 0.3) is 5.65 Å². The minimum absolute atomic E-state index is 0.236. The first-order valence-electron chi connectivity index (χ1n) is 9.94. The smallest absolute Gasteiger partial charge is 0.142 e. The minimum Gasteiger partial charge on any atom is -0.381 e. The Morgan fingerprint density at radius 1 is 1.22 bits per heavy atom. The van der Waals surface area contributed by atoms with E-state index in [2.05, 4.69) is 78.1 Å². The van der Waals surface area contributed by atoms with Gasteiger partial charge in [0.25, 0.3) is 0 Å². The zero-order valence-electron chi connectivity index (χ0n) is 16.5. The second-order valence-electron chi connectivity index (χ2n) is 8.22. The molecule has 4 heteroatoms. The summed E-state index contributed by atoms with van der Waals surface area (Å²) in [5.41, 5.74) is 4.58. The number of hydrogen-bond donors (Lipinski definition) is 1. The summed E-state index contributed by atoms with van der Waals surface area (Å²) in [5, 5.41) is 3.84. The highest BCUT2D eigenvalue weighted by Gasteiger charge is 2.41. The molecule has 0 spiro atoms. The lowest BCUT2D eigenvalue weighted by molar-refractivity contribution is 0.0667. The number of pyridine rings is 1. The molecule has 0 radical (unpaired) electrons. The Balaban J connectivity index is 1.69. The number of imidazole rings is 1. The van der Waals surface area contributed by atoms with Gasteiger partial charge in [-0.3, -0.25) is 0 Å². The van der Waals surface area contributed by atoms with Gasteiger partial charge >= 0.3 is 0 Å². The van der Waals surface area contributed by atoms with E-state index in [1.54, 1.807) is 0 Å². The number of nitrogens with one attached hydrogen (secondary N) is 1. The van der Waals surface area contributed by atoms with E-state index >= 15 is 0 Å². The molecule has 0 bridgehead atoms. The Morgan fingerprint density at radius 2 is 2.07 bits per heavy atom. The Hall–Kier alpha value is -2.33. The number of rotatable bonds is 6. The van der Waals surface area contributed by atoms with E-state index < -0.39 is 0 Å². The summed E-state index contributed by atoms with van der Waals surface area (Å²) in [6.07, 6.45) is 8.03. The molecule has 2 aromatic heterocycles. The molecule has 0 aliphatic carbocycles. The van der Waals surface area contributed by atoms with Crippen molar-refractivity contribution in [2.75, 3.05) is 18.5 Å². The van der Waals surface area contributed by atoms with E-state index in [0.717, 1.165) is 31.7 Å². The van der Waals surface area contributed by atoms with Crippen LogP contribution in [-0.4, -0.2) is 22.6 Å². The summed E-state index contributed by atoms with van der Waals surface area (Å²) in [6, 6.07) is 12.9. The van der Waals surface area contributed by atoms with Gasteiger partial charge in [0.15, 0.2) is 0 Å². The van der Waals surface area contributed by atoms with E-state index in [-0.39, 0.29) is 5.54 Å². The lowest BCUT2D eigenvalue weighted by atomic mass is 9.74. The molecule has 3 heterocycles. The van der Waals surface area contributed by atoms with Crippen LogP contribution in [0.5, 0.6) is 0 Å². The monoisotopic (exact) mass is 363 g/mol. The standard InChI is InChI=1S/C23H29N3O/c1-17(2)10-14-27-16-19-15-18-7-4-5-9-21(18)25-23(19,3)20-8-6-12-26-13-11-24-22(20)26/h4-9,11-13,17,19,25H,10,14-16H2,1-3H3. The first kappa shape index (κ1) is 18.1. The highest BCUT2D eigenvalue weighted by atomic mass is 16.5. The van der Waals surface area contributed by atoms with Crippen molar-refractivity contribution < 1.29 is 4.74 Å². The van der Waals surface area contributed by atoms with Crippen LogP contribution in [0.1, 0.15) is 38.3 Å². The van der Waals surface area contributed by atoms with Gasteiger partial charge in [-0.15, -0.1) is 0 Å². The lowest BCUT2D eigenvalue weighted by Gasteiger charge is -2.44. The molecule has 3 aromatic rings. The minimum atomic E-state index is -0.236. The molecule has 1 aliphatic rings. The normalized spacial score (nSPS) is 22.0. The van der Waals surface area contributed by atoms with Crippen molar-refractivity contribution in [1.82, 2.24) is 9.38 Å². The van der Waals surface area contributed by atoms with Crippen LogP contribution in [0.2, 0.25) is 0 Å². The average Bonchev–Trinajstić information content (AvgIpc) is 3.14. The number of fused-ring (bicyclic) bond motifs is 2. The zero-order chi connectivity index (χ0) is 18.9. The predicted molar refractivity (Wildman–Crippen MR) is 110 cm³/mol. The molecule has 27 heavy (non-hydrogen) atoms. The van der Waals surface area contributed by atoms with Crippen molar-refractivity contribution in [2.24, 2.45) is 11.8 Å². The van der Waals surface area contributed by atoms with E-state index in [4.69, 9.17) is 4.74 Å². The number of ether oxygens (including phenoxy) is 1. The third kappa shape index (κ3) is 3.46. The fourth-order valence-corrected chi connectivity index (χ4v) is 4.08. The maximum Gasteiger partial charge on any atom is 0.142 e. The van der Waals surface area contributed by atoms with Crippen LogP contribution in [0.4, 0.5) is 5.69 Å². The third-order valence-electron chi connectivity index (χ3n) is 5.83. The number of hydrogen-bond acceptors (Lipinski definition) is 3. The Labute approximate surface area is 161 Å². The number of anilines is 1. The number of aromatic nitrogens is 2. The van der Waals surface area contributed by atoms with Gasteiger partial charge < -0.3 is 14.5 Å². The largest absolute Gasteiger partial charge is 0.381 e. The summed E-state index contributed by atoms with van der Waals surface area (Å²) in [5.74, 6) is 1.00. The van der Waals surface area contributed by atoms with Crippen molar-refractivity contribution in [2.45, 2.75) is 39.2 Å². The highest BCUT2D eigenvalue weighted by Crippen LogP contribution is 2.42. The zero-order valence-corrected chi connectivity index (χ0v) is 16.5. The van der Waals surface area contributed by atoms with Crippen molar-refractivity contribution in [1.29, 1.82) is 0 Å². The Bertz CT molecular complexity index is 917. The molecule has 0 amide bonds. The van der Waals surface area contributed by atoms with E-state index in [0.29, 0.717) is 11.8 Å². The van der Waals surface area contributed by atoms with Crippen LogP contribution in [0.3, 0.4) is 0 Å². The van der Waals surface area contributed by atoms with Crippen LogP contribution in [-0.2, 0) is 16.7 Å². The number of benzene rings is 1. The van der Waals surface area contributed by atoms with Crippen LogP contribution in [0.15, 0.2) is 55.0 Å². The topological polar surface area (TPSA) is 38.6 Å². The van der Waals surface area contributed by atoms with E-state index in [9.17, 15) is 0 Å². The van der Waals surface area contributed by atoms with Gasteiger partial charge in [-0.25, -0.2) is 4.98 Å². The fraction of sp³-hybridized carbons (Fsp3) is 0.435. The molecule has 1 aromatic carbocycles. The predicted octanol–water partition coefficient (Wildman–Crippen LogP) is 4.90. The quantitative estimate of drug-likeness (QED) is 0.633. The lowest BCUT2D eigenvalue weighted by Crippen LogP contribution is -2.46. The van der Waals surface area contributed by atoms with Gasteiger partial charge in [-0.05, 0) is 43.4 Å². The molecule has 4 rings (SSSR count). The Kier molecular flexibility index (Phi) is 4.92. The molecule has 0 fully saturated rings. The van der Waals surface area contributed by atoms with Crippen LogP contribution < -0.4 is 5.32 Å². The van der Waals surface area contributed by atoms with E-state index in [1.807, 2.05) is 12.4 Å². The molecule has 4 nitrogen and oxygen atoms in total. The maximum absolute atomic E-state index is 6.14. The molecule has 142 valence electrons. The van der Waals surface area contributed by atoms with Crippen molar-refractivity contribution in [3.63, 3.8) is 0 Å². The molecule has 2 unspecified atom stereocenters. The third-order valence-corrected chi connectivity index (χ3v) is 5.83. The van der Waals surface area contributed by atoms with Crippen LogP contribution >= 0.6 is 0 Å². The van der Waals surface area contributed by atoms with Crippen molar-refractivity contribution >= 4 is 11.3 Å². The summed E-state index contributed by atoms with van der Waals surface area (Å²) in [4.78, 5) is 4.63.